The molecule has 2 aromatic rings. The lowest BCUT2D eigenvalue weighted by molar-refractivity contribution is -0.114. The van der Waals surface area contributed by atoms with Crippen molar-refractivity contribution in [3.63, 3.8) is 0 Å². The van der Waals surface area contributed by atoms with Crippen LogP contribution < -0.4 is 10.6 Å². The summed E-state index contributed by atoms with van der Waals surface area (Å²) in [4.78, 5) is 26.6. The van der Waals surface area contributed by atoms with Gasteiger partial charge in [0.2, 0.25) is 5.91 Å². The van der Waals surface area contributed by atoms with Crippen LogP contribution in [0.15, 0.2) is 42.5 Å². The summed E-state index contributed by atoms with van der Waals surface area (Å²) in [5.74, 6) is -0.111. The smallest absolute Gasteiger partial charge is 0.253 e. The molecule has 0 radical (unpaired) electrons. The molecule has 0 unspecified atom stereocenters. The number of hydrogen-bond donors (Lipinski definition) is 2. The first-order valence-corrected chi connectivity index (χ1v) is 9.51. The van der Waals surface area contributed by atoms with E-state index in [0.29, 0.717) is 18.7 Å². The van der Waals surface area contributed by atoms with Crippen molar-refractivity contribution < 1.29 is 9.59 Å². The molecular formula is C22H29N3O2. The number of para-hydroxylation sites is 1. The molecule has 0 saturated carbocycles. The topological polar surface area (TPSA) is 61.4 Å². The van der Waals surface area contributed by atoms with Crippen molar-refractivity contribution in [3.05, 3.63) is 59.2 Å². The fourth-order valence-corrected chi connectivity index (χ4v) is 3.02. The Morgan fingerprint density at radius 1 is 1.00 bits per heavy atom. The maximum atomic E-state index is 12.5. The fourth-order valence-electron chi connectivity index (χ4n) is 3.02. The number of nitrogens with zero attached hydrogens (tertiary/aromatic N) is 1. The second kappa shape index (κ2) is 9.76. The zero-order valence-corrected chi connectivity index (χ0v) is 16.6. The van der Waals surface area contributed by atoms with E-state index in [2.05, 4.69) is 17.6 Å². The van der Waals surface area contributed by atoms with Gasteiger partial charge in [-0.2, -0.15) is 0 Å². The van der Waals surface area contributed by atoms with Crippen LogP contribution in [0.3, 0.4) is 0 Å². The van der Waals surface area contributed by atoms with Gasteiger partial charge in [-0.3, -0.25) is 9.59 Å². The zero-order chi connectivity index (χ0) is 19.8. The van der Waals surface area contributed by atoms with Gasteiger partial charge in [-0.15, -0.1) is 0 Å². The van der Waals surface area contributed by atoms with Crippen LogP contribution in [0, 0.1) is 6.92 Å². The van der Waals surface area contributed by atoms with E-state index >= 15 is 0 Å². The van der Waals surface area contributed by atoms with Crippen LogP contribution in [-0.2, 0) is 11.2 Å². The molecule has 0 atom stereocenters. The van der Waals surface area contributed by atoms with E-state index in [9.17, 15) is 9.59 Å². The van der Waals surface area contributed by atoms with Crippen LogP contribution in [0.5, 0.6) is 0 Å². The molecule has 27 heavy (non-hydrogen) atoms. The Hall–Kier alpha value is -2.82. The third kappa shape index (κ3) is 5.33. The number of aryl methyl sites for hydroxylation is 2. The zero-order valence-electron chi connectivity index (χ0n) is 16.6. The first-order chi connectivity index (χ1) is 13.0. The fraction of sp³-hybridized carbons (Fsp3) is 0.364. The molecule has 2 amide bonds. The first-order valence-electron chi connectivity index (χ1n) is 9.51. The second-order valence-electron chi connectivity index (χ2n) is 6.42. The lowest BCUT2D eigenvalue weighted by Gasteiger charge is -2.19. The third-order valence-corrected chi connectivity index (χ3v) is 4.62. The van der Waals surface area contributed by atoms with Crippen molar-refractivity contribution in [2.24, 2.45) is 0 Å². The summed E-state index contributed by atoms with van der Waals surface area (Å²) in [6, 6.07) is 13.3. The van der Waals surface area contributed by atoms with E-state index in [0.717, 1.165) is 28.9 Å². The summed E-state index contributed by atoms with van der Waals surface area (Å²) >= 11 is 0. The minimum absolute atomic E-state index is 0.000555. The van der Waals surface area contributed by atoms with Crippen LogP contribution >= 0.6 is 0 Å². The van der Waals surface area contributed by atoms with Crippen molar-refractivity contribution in [1.29, 1.82) is 0 Å². The molecule has 0 aromatic heterocycles. The van der Waals surface area contributed by atoms with E-state index in [1.165, 1.54) is 0 Å². The van der Waals surface area contributed by atoms with Crippen molar-refractivity contribution in [2.75, 3.05) is 30.3 Å². The number of rotatable bonds is 8. The largest absolute Gasteiger partial charge is 0.376 e. The van der Waals surface area contributed by atoms with Crippen LogP contribution in [0.25, 0.3) is 0 Å². The van der Waals surface area contributed by atoms with E-state index < -0.39 is 0 Å². The molecule has 0 fully saturated rings. The van der Waals surface area contributed by atoms with Gasteiger partial charge in [0, 0.05) is 30.0 Å². The molecule has 2 N–H and O–H groups in total. The predicted octanol–water partition coefficient (Wildman–Crippen LogP) is 4.09. The molecule has 2 rings (SSSR count). The maximum absolute atomic E-state index is 12.5. The Bertz CT molecular complexity index is 798. The predicted molar refractivity (Wildman–Crippen MR) is 111 cm³/mol. The van der Waals surface area contributed by atoms with Gasteiger partial charge in [0.25, 0.3) is 5.91 Å². The van der Waals surface area contributed by atoms with E-state index in [-0.39, 0.29) is 18.4 Å². The molecule has 0 aliphatic carbocycles. The maximum Gasteiger partial charge on any atom is 0.253 e. The number of nitrogens with one attached hydrogen (secondary N) is 2. The van der Waals surface area contributed by atoms with Crippen LogP contribution in [-0.4, -0.2) is 36.3 Å². The highest BCUT2D eigenvalue weighted by atomic mass is 16.2. The summed E-state index contributed by atoms with van der Waals surface area (Å²) in [7, 11) is 0. The Morgan fingerprint density at radius 2 is 1.70 bits per heavy atom. The molecule has 0 heterocycles. The number of hydrogen-bond acceptors (Lipinski definition) is 3. The second-order valence-corrected chi connectivity index (χ2v) is 6.42. The van der Waals surface area contributed by atoms with Crippen LogP contribution in [0.4, 0.5) is 11.4 Å². The molecule has 0 aliphatic rings. The van der Waals surface area contributed by atoms with Crippen molar-refractivity contribution in [1.82, 2.24) is 4.90 Å². The Labute approximate surface area is 161 Å². The average Bonchev–Trinajstić information content (AvgIpc) is 2.69. The van der Waals surface area contributed by atoms with Gasteiger partial charge in [0.15, 0.2) is 0 Å². The van der Waals surface area contributed by atoms with Gasteiger partial charge in [0.05, 0.1) is 6.54 Å². The first kappa shape index (κ1) is 20.5. The highest BCUT2D eigenvalue weighted by Gasteiger charge is 2.13. The standard InChI is InChI=1S/C22H29N3O2/c1-5-17-11-8-10-16(4)21(17)24-20(26)15-23-19-13-9-12-18(14-19)22(27)25(6-2)7-3/h8-14,23H,5-7,15H2,1-4H3,(H,24,26). The summed E-state index contributed by atoms with van der Waals surface area (Å²) in [6.07, 6.45) is 0.861. The number of benzene rings is 2. The number of amides is 2. The monoisotopic (exact) mass is 367 g/mol. The Morgan fingerprint density at radius 3 is 2.37 bits per heavy atom. The number of carbonyl (C=O) groups is 2. The van der Waals surface area contributed by atoms with Crippen molar-refractivity contribution in [2.45, 2.75) is 34.1 Å². The summed E-state index contributed by atoms with van der Waals surface area (Å²) in [6.45, 7) is 9.47. The molecule has 0 saturated heterocycles. The molecule has 2 aromatic carbocycles. The normalized spacial score (nSPS) is 10.4. The Kier molecular flexibility index (Phi) is 7.41. The van der Waals surface area contributed by atoms with E-state index in [4.69, 9.17) is 0 Å². The molecule has 5 nitrogen and oxygen atoms in total. The lowest BCUT2D eigenvalue weighted by Crippen LogP contribution is -2.30. The molecular weight excluding hydrogens is 338 g/mol. The van der Waals surface area contributed by atoms with Gasteiger partial charge < -0.3 is 15.5 Å². The van der Waals surface area contributed by atoms with Crippen LogP contribution in [0.2, 0.25) is 0 Å². The van der Waals surface area contributed by atoms with Crippen molar-refractivity contribution >= 4 is 23.2 Å². The number of carbonyl (C=O) groups excluding carboxylic acids is 2. The summed E-state index contributed by atoms with van der Waals surface area (Å²) in [5.41, 5.74) is 4.43. The van der Waals surface area contributed by atoms with Crippen molar-refractivity contribution in [3.8, 4) is 0 Å². The third-order valence-electron chi connectivity index (χ3n) is 4.62. The highest BCUT2D eigenvalue weighted by molar-refractivity contribution is 5.96. The molecule has 0 spiro atoms. The van der Waals surface area contributed by atoms with Gasteiger partial charge in [-0.25, -0.2) is 0 Å². The average molecular weight is 367 g/mol. The SMILES string of the molecule is CCc1cccc(C)c1NC(=O)CNc1cccc(C(=O)N(CC)CC)c1. The highest BCUT2D eigenvalue weighted by Crippen LogP contribution is 2.21. The summed E-state index contributed by atoms with van der Waals surface area (Å²) in [5, 5.41) is 6.11. The van der Waals surface area contributed by atoms with Gasteiger partial charge in [-0.1, -0.05) is 31.2 Å². The van der Waals surface area contributed by atoms with Gasteiger partial charge >= 0.3 is 0 Å². The molecule has 0 aliphatic heterocycles. The minimum Gasteiger partial charge on any atom is -0.376 e. The molecule has 5 heteroatoms. The Balaban J connectivity index is 2.02. The van der Waals surface area contributed by atoms with Crippen LogP contribution in [0.1, 0.15) is 42.3 Å². The molecule has 144 valence electrons. The quantitative estimate of drug-likeness (QED) is 0.739. The van der Waals surface area contributed by atoms with Gasteiger partial charge in [0.1, 0.15) is 0 Å². The van der Waals surface area contributed by atoms with E-state index in [1.807, 2.05) is 51.1 Å². The van der Waals surface area contributed by atoms with Gasteiger partial charge in [-0.05, 0) is 56.5 Å². The summed E-state index contributed by atoms with van der Waals surface area (Å²) < 4.78 is 0. The minimum atomic E-state index is -0.112. The number of anilines is 2. The van der Waals surface area contributed by atoms with E-state index in [1.54, 1.807) is 17.0 Å². The molecule has 0 bridgehead atoms. The lowest BCUT2D eigenvalue weighted by atomic mass is 10.1.